The predicted molar refractivity (Wildman–Crippen MR) is 147 cm³/mol. The number of nitrogens with zero attached hydrogens (tertiary/aromatic N) is 2. The summed E-state index contributed by atoms with van der Waals surface area (Å²) in [4.78, 5) is 34.1. The third-order valence-electron chi connectivity index (χ3n) is 6.66. The average Bonchev–Trinajstić information content (AvgIpc) is 3.34. The summed E-state index contributed by atoms with van der Waals surface area (Å²) in [6.45, 7) is 3.98. The van der Waals surface area contributed by atoms with E-state index in [-0.39, 0.29) is 18.4 Å². The van der Waals surface area contributed by atoms with E-state index >= 15 is 0 Å². The van der Waals surface area contributed by atoms with Crippen molar-refractivity contribution < 1.29 is 14.3 Å². The van der Waals surface area contributed by atoms with Gasteiger partial charge in [-0.2, -0.15) is 0 Å². The van der Waals surface area contributed by atoms with E-state index in [9.17, 15) is 9.59 Å². The molecule has 0 saturated heterocycles. The second kappa shape index (κ2) is 12.9. The number of hydrogen-bond acceptors (Lipinski definition) is 3. The highest BCUT2D eigenvalue weighted by molar-refractivity contribution is 5.97. The van der Waals surface area contributed by atoms with Crippen LogP contribution in [0.5, 0.6) is 0 Å². The van der Waals surface area contributed by atoms with Crippen LogP contribution in [0.15, 0.2) is 85.1 Å². The SMILES string of the molecule is COCCCN(CC(=O)N(CCc1c[nH]c2ccccc12)Cc1ccccc1)C(=O)c1ccccc1C. The topological polar surface area (TPSA) is 65.6 Å². The Kier molecular flexibility index (Phi) is 9.11. The molecular weight excluding hydrogens is 462 g/mol. The number of fused-ring (bicyclic) bond motifs is 1. The Morgan fingerprint density at radius 1 is 0.865 bits per heavy atom. The van der Waals surface area contributed by atoms with Crippen LogP contribution in [0.3, 0.4) is 0 Å². The van der Waals surface area contributed by atoms with Gasteiger partial charge >= 0.3 is 0 Å². The van der Waals surface area contributed by atoms with E-state index in [2.05, 4.69) is 17.1 Å². The van der Waals surface area contributed by atoms with Crippen molar-refractivity contribution in [1.82, 2.24) is 14.8 Å². The van der Waals surface area contributed by atoms with Crippen LogP contribution in [0.25, 0.3) is 10.9 Å². The fourth-order valence-corrected chi connectivity index (χ4v) is 4.59. The lowest BCUT2D eigenvalue weighted by Gasteiger charge is -2.28. The molecule has 0 spiro atoms. The van der Waals surface area contributed by atoms with Crippen LogP contribution in [0.2, 0.25) is 0 Å². The summed E-state index contributed by atoms with van der Waals surface area (Å²) in [6, 6.07) is 25.7. The Bertz CT molecular complexity index is 1320. The van der Waals surface area contributed by atoms with Crippen molar-refractivity contribution in [2.24, 2.45) is 0 Å². The highest BCUT2D eigenvalue weighted by Crippen LogP contribution is 2.19. The van der Waals surface area contributed by atoms with Gasteiger partial charge in [0.15, 0.2) is 0 Å². The molecule has 0 radical (unpaired) electrons. The summed E-state index contributed by atoms with van der Waals surface area (Å²) < 4.78 is 5.21. The number of hydrogen-bond donors (Lipinski definition) is 1. The quantitative estimate of drug-likeness (QED) is 0.273. The van der Waals surface area contributed by atoms with Crippen molar-refractivity contribution in [1.29, 1.82) is 0 Å². The monoisotopic (exact) mass is 497 g/mol. The number of nitrogens with one attached hydrogen (secondary N) is 1. The van der Waals surface area contributed by atoms with E-state index in [1.165, 1.54) is 10.9 Å². The van der Waals surface area contributed by atoms with Crippen LogP contribution >= 0.6 is 0 Å². The number of ether oxygens (including phenoxy) is 1. The largest absolute Gasteiger partial charge is 0.385 e. The van der Waals surface area contributed by atoms with Gasteiger partial charge in [-0.25, -0.2) is 0 Å². The molecule has 0 bridgehead atoms. The van der Waals surface area contributed by atoms with Crippen molar-refractivity contribution in [3.8, 4) is 0 Å². The first-order valence-corrected chi connectivity index (χ1v) is 12.8. The van der Waals surface area contributed by atoms with Gasteiger partial charge in [0.05, 0.1) is 0 Å². The maximum atomic E-state index is 13.7. The molecule has 3 aromatic carbocycles. The minimum atomic E-state index is -0.126. The highest BCUT2D eigenvalue weighted by Gasteiger charge is 2.23. The van der Waals surface area contributed by atoms with Gasteiger partial charge in [0.25, 0.3) is 5.91 Å². The second-order valence-electron chi connectivity index (χ2n) is 9.30. The molecule has 0 atom stereocenters. The van der Waals surface area contributed by atoms with Gasteiger partial charge in [-0.3, -0.25) is 9.59 Å². The fourth-order valence-electron chi connectivity index (χ4n) is 4.59. The second-order valence-corrected chi connectivity index (χ2v) is 9.30. The third kappa shape index (κ3) is 6.86. The lowest BCUT2D eigenvalue weighted by Crippen LogP contribution is -2.44. The minimum absolute atomic E-state index is 0.0254. The number of H-pyrrole nitrogens is 1. The maximum absolute atomic E-state index is 13.7. The first-order chi connectivity index (χ1) is 18.1. The number of carbonyl (C=O) groups excluding carboxylic acids is 2. The number of benzene rings is 3. The van der Waals surface area contributed by atoms with Crippen molar-refractivity contribution in [3.05, 3.63) is 107 Å². The zero-order chi connectivity index (χ0) is 26.0. The molecule has 0 saturated carbocycles. The van der Waals surface area contributed by atoms with E-state index in [1.807, 2.05) is 84.8 Å². The molecule has 2 amide bonds. The molecule has 4 rings (SSSR count). The van der Waals surface area contributed by atoms with E-state index < -0.39 is 0 Å². The molecule has 0 unspecified atom stereocenters. The smallest absolute Gasteiger partial charge is 0.254 e. The summed E-state index contributed by atoms with van der Waals surface area (Å²) in [5, 5.41) is 1.17. The van der Waals surface area contributed by atoms with E-state index in [0.717, 1.165) is 23.1 Å². The lowest BCUT2D eigenvalue weighted by atomic mass is 10.1. The van der Waals surface area contributed by atoms with Crippen molar-refractivity contribution >= 4 is 22.7 Å². The van der Waals surface area contributed by atoms with Crippen LogP contribution in [-0.4, -0.2) is 59.9 Å². The summed E-state index contributed by atoms with van der Waals surface area (Å²) in [5.74, 6) is -0.193. The number of carbonyl (C=O) groups is 2. The predicted octanol–water partition coefficient (Wildman–Crippen LogP) is 5.23. The van der Waals surface area contributed by atoms with Crippen molar-refractivity contribution in [2.75, 3.05) is 33.4 Å². The summed E-state index contributed by atoms with van der Waals surface area (Å²) >= 11 is 0. The minimum Gasteiger partial charge on any atom is -0.385 e. The third-order valence-corrected chi connectivity index (χ3v) is 6.66. The molecule has 0 aliphatic carbocycles. The average molecular weight is 498 g/mol. The molecule has 6 nitrogen and oxygen atoms in total. The van der Waals surface area contributed by atoms with E-state index in [4.69, 9.17) is 4.74 Å². The zero-order valence-corrected chi connectivity index (χ0v) is 21.7. The standard InChI is InChI=1S/C31H35N3O3/c1-24-11-6-7-14-27(24)31(36)34(18-10-20-37-2)23-30(35)33(22-25-12-4-3-5-13-25)19-17-26-21-32-29-16-9-8-15-28(26)29/h3-9,11-16,21,32H,10,17-20,22-23H2,1-2H3. The Labute approximate surface area is 218 Å². The molecular formula is C31H35N3O3. The molecule has 192 valence electrons. The van der Waals surface area contributed by atoms with Crippen LogP contribution < -0.4 is 0 Å². The highest BCUT2D eigenvalue weighted by atomic mass is 16.5. The Morgan fingerprint density at radius 2 is 1.59 bits per heavy atom. The number of methoxy groups -OCH3 is 1. The number of para-hydroxylation sites is 1. The van der Waals surface area contributed by atoms with Crippen LogP contribution in [0.1, 0.15) is 33.5 Å². The molecule has 6 heteroatoms. The van der Waals surface area contributed by atoms with E-state index in [1.54, 1.807) is 12.0 Å². The number of aryl methyl sites for hydroxylation is 1. The first kappa shape index (κ1) is 26.2. The van der Waals surface area contributed by atoms with Crippen LogP contribution in [-0.2, 0) is 22.5 Å². The van der Waals surface area contributed by atoms with Crippen LogP contribution in [0.4, 0.5) is 0 Å². The molecule has 37 heavy (non-hydrogen) atoms. The Morgan fingerprint density at radius 3 is 2.38 bits per heavy atom. The Balaban J connectivity index is 1.53. The molecule has 1 N–H and O–H groups in total. The Hall–Kier alpha value is -3.90. The maximum Gasteiger partial charge on any atom is 0.254 e. The summed E-state index contributed by atoms with van der Waals surface area (Å²) in [6.07, 6.45) is 3.40. The normalized spacial score (nSPS) is 11.0. The lowest BCUT2D eigenvalue weighted by molar-refractivity contribution is -0.132. The van der Waals surface area contributed by atoms with Gasteiger partial charge < -0.3 is 19.5 Å². The summed E-state index contributed by atoms with van der Waals surface area (Å²) in [7, 11) is 1.64. The van der Waals surface area contributed by atoms with Gasteiger partial charge in [0.2, 0.25) is 5.91 Å². The summed E-state index contributed by atoms with van der Waals surface area (Å²) in [5.41, 5.74) is 4.85. The van der Waals surface area contributed by atoms with Gasteiger partial charge in [-0.15, -0.1) is 0 Å². The van der Waals surface area contributed by atoms with Gasteiger partial charge in [0.1, 0.15) is 6.54 Å². The first-order valence-electron chi connectivity index (χ1n) is 12.8. The van der Waals surface area contributed by atoms with Gasteiger partial charge in [0, 0.05) is 56.0 Å². The van der Waals surface area contributed by atoms with Crippen LogP contribution in [0, 0.1) is 6.92 Å². The molecule has 0 aliphatic rings. The number of amides is 2. The fraction of sp³-hybridized carbons (Fsp3) is 0.290. The number of rotatable bonds is 12. The molecule has 1 heterocycles. The van der Waals surface area contributed by atoms with Crippen molar-refractivity contribution in [3.63, 3.8) is 0 Å². The molecule has 4 aromatic rings. The molecule has 0 aliphatic heterocycles. The van der Waals surface area contributed by atoms with Crippen molar-refractivity contribution in [2.45, 2.75) is 26.3 Å². The molecule has 1 aromatic heterocycles. The van der Waals surface area contributed by atoms with E-state index in [0.29, 0.717) is 38.2 Å². The van der Waals surface area contributed by atoms with Gasteiger partial charge in [-0.1, -0.05) is 66.7 Å². The molecule has 0 fully saturated rings. The zero-order valence-electron chi connectivity index (χ0n) is 21.7. The number of aromatic nitrogens is 1. The van der Waals surface area contributed by atoms with Gasteiger partial charge in [-0.05, 0) is 48.6 Å². The number of aromatic amines is 1.